The molecule has 5 rings (SSSR count). The fraction of sp³-hybridized carbons (Fsp3) is 0.297. The number of ether oxygens (including phenoxy) is 1. The molecule has 1 aliphatic rings. The molecule has 52 heavy (non-hydrogen) atoms. The van der Waals surface area contributed by atoms with Gasteiger partial charge in [0.2, 0.25) is 11.8 Å². The van der Waals surface area contributed by atoms with Crippen molar-refractivity contribution in [3.05, 3.63) is 99.2 Å². The van der Waals surface area contributed by atoms with Crippen LogP contribution in [0, 0.1) is 6.92 Å². The van der Waals surface area contributed by atoms with E-state index >= 15 is 0 Å². The Kier molecular flexibility index (Phi) is 19.6. The Morgan fingerprint density at radius 2 is 1.62 bits per heavy atom. The zero-order valence-electron chi connectivity index (χ0n) is 28.9. The van der Waals surface area contributed by atoms with Crippen LogP contribution >= 0.6 is 72.8 Å². The molecule has 0 bridgehead atoms. The number of rotatable bonds is 10. The number of anilines is 2. The number of fused-ring (bicyclic) bond motifs is 1. The molecule has 1 fully saturated rings. The van der Waals surface area contributed by atoms with E-state index in [2.05, 4.69) is 27.7 Å². The summed E-state index contributed by atoms with van der Waals surface area (Å²) in [7, 11) is 3.14. The molecular formula is C37H43Cl6N5O4. The first kappa shape index (κ1) is 46.6. The number of nitrogens with one attached hydrogen (secondary N) is 2. The molecule has 282 valence electrons. The molecule has 2 N–H and O–H groups in total. The molecule has 9 nitrogen and oxygen atoms in total. The van der Waals surface area contributed by atoms with E-state index in [1.165, 1.54) is 42.3 Å². The summed E-state index contributed by atoms with van der Waals surface area (Å²) in [4.78, 5) is 45.9. The molecule has 0 radical (unpaired) electrons. The Labute approximate surface area is 339 Å². The molecule has 15 heteroatoms. The molecule has 3 aromatic carbocycles. The second-order valence-corrected chi connectivity index (χ2v) is 12.5. The summed E-state index contributed by atoms with van der Waals surface area (Å²) < 4.78 is 6.31. The van der Waals surface area contributed by atoms with E-state index in [0.717, 1.165) is 35.2 Å². The van der Waals surface area contributed by atoms with E-state index in [9.17, 15) is 14.4 Å². The highest BCUT2D eigenvalue weighted by Gasteiger charge is 2.20. The molecule has 1 saturated heterocycles. The second-order valence-electron chi connectivity index (χ2n) is 11.7. The standard InChI is InChI=1S/C37H39Cl2N5O4.4ClH/c1-24-21-31(44-19-6-4-5-7-20-44)27-9-8-10-32(36(27)42-24)48-23-28-29(38)16-17-30(35(28)39)43(3)34(46)22-41-33(45)18-13-25-11-14-26(15-12-25)37(47)40-2;;;;/h8-18,21H,4-7,19-20,22-23H2,1-3H3,(H,40,47)(H,41,45);4*1H/b18-13+;;;;. The topological polar surface area (TPSA) is 104 Å². The number of carbonyl (C=O) groups excluding carboxylic acids is 3. The van der Waals surface area contributed by atoms with Gasteiger partial charge in [0.25, 0.3) is 5.91 Å². The summed E-state index contributed by atoms with van der Waals surface area (Å²) >= 11 is 13.4. The number of hydrogen-bond donors (Lipinski definition) is 2. The van der Waals surface area contributed by atoms with Gasteiger partial charge in [0, 0.05) is 66.2 Å². The minimum atomic E-state index is -0.443. The lowest BCUT2D eigenvalue weighted by Gasteiger charge is -2.25. The number of hydrogen-bond acceptors (Lipinski definition) is 6. The van der Waals surface area contributed by atoms with Crippen LogP contribution < -0.4 is 25.2 Å². The van der Waals surface area contributed by atoms with Crippen molar-refractivity contribution in [3.63, 3.8) is 0 Å². The lowest BCUT2D eigenvalue weighted by atomic mass is 10.1. The Morgan fingerprint density at radius 3 is 2.27 bits per heavy atom. The first-order valence-electron chi connectivity index (χ1n) is 16.0. The number of amides is 3. The van der Waals surface area contributed by atoms with Gasteiger partial charge < -0.3 is 25.2 Å². The van der Waals surface area contributed by atoms with E-state index in [4.69, 9.17) is 32.9 Å². The third-order valence-corrected chi connectivity index (χ3v) is 9.15. The number of likely N-dealkylation sites (N-methyl/N-ethyl adjacent to an activating group) is 1. The summed E-state index contributed by atoms with van der Waals surface area (Å²) in [6, 6.07) is 18.2. The van der Waals surface area contributed by atoms with Crippen molar-refractivity contribution < 1.29 is 19.1 Å². The summed E-state index contributed by atoms with van der Waals surface area (Å²) in [6.07, 6.45) is 7.77. The Morgan fingerprint density at radius 1 is 0.942 bits per heavy atom. The fourth-order valence-electron chi connectivity index (χ4n) is 5.68. The SMILES string of the molecule is CNC(=O)c1ccc(/C=C/C(=O)NCC(=O)N(C)c2ccc(Cl)c(COc3cccc4c(N5CCCCCC5)cc(C)nc34)c2Cl)cc1.Cl.Cl.Cl.Cl. The number of carbonyl (C=O) groups is 3. The Balaban J connectivity index is 0.00000338. The van der Waals surface area contributed by atoms with Crippen molar-refractivity contribution in [3.8, 4) is 5.75 Å². The highest BCUT2D eigenvalue weighted by atomic mass is 35.5. The largest absolute Gasteiger partial charge is 0.487 e. The lowest BCUT2D eigenvalue weighted by Crippen LogP contribution is -2.37. The minimum Gasteiger partial charge on any atom is -0.487 e. The van der Waals surface area contributed by atoms with Crippen LogP contribution in [0.1, 0.15) is 52.9 Å². The number of aryl methyl sites for hydroxylation is 1. The summed E-state index contributed by atoms with van der Waals surface area (Å²) in [5.41, 5.74) is 5.07. The zero-order valence-corrected chi connectivity index (χ0v) is 33.7. The summed E-state index contributed by atoms with van der Waals surface area (Å²) in [5.74, 6) is -0.396. The maximum Gasteiger partial charge on any atom is 0.251 e. The average molecular weight is 834 g/mol. The Hall–Kier alpha value is -3.44. The predicted octanol–water partition coefficient (Wildman–Crippen LogP) is 8.65. The average Bonchev–Trinajstić information content (AvgIpc) is 3.39. The van der Waals surface area contributed by atoms with E-state index in [0.29, 0.717) is 27.6 Å². The molecule has 3 amide bonds. The second kappa shape index (κ2) is 21.9. The first-order valence-corrected chi connectivity index (χ1v) is 16.7. The van der Waals surface area contributed by atoms with Gasteiger partial charge >= 0.3 is 0 Å². The summed E-state index contributed by atoms with van der Waals surface area (Å²) in [6.45, 7) is 3.84. The maximum atomic E-state index is 13.1. The molecule has 1 aliphatic heterocycles. The molecule has 0 spiro atoms. The van der Waals surface area contributed by atoms with Crippen LogP contribution in [0.25, 0.3) is 17.0 Å². The van der Waals surface area contributed by atoms with Crippen molar-refractivity contribution in [1.82, 2.24) is 15.6 Å². The van der Waals surface area contributed by atoms with Crippen LogP contribution in [0.3, 0.4) is 0 Å². The van der Waals surface area contributed by atoms with Crippen molar-refractivity contribution >= 4 is 119 Å². The molecule has 4 aromatic rings. The molecule has 1 aromatic heterocycles. The van der Waals surface area contributed by atoms with Crippen LogP contribution in [-0.4, -0.2) is 56.4 Å². The van der Waals surface area contributed by atoms with Gasteiger partial charge in [-0.2, -0.15) is 0 Å². The predicted molar refractivity (Wildman–Crippen MR) is 222 cm³/mol. The van der Waals surface area contributed by atoms with Crippen molar-refractivity contribution in [1.29, 1.82) is 0 Å². The maximum absolute atomic E-state index is 13.1. The van der Waals surface area contributed by atoms with Gasteiger partial charge in [-0.3, -0.25) is 14.4 Å². The highest BCUT2D eigenvalue weighted by molar-refractivity contribution is 6.38. The normalized spacial score (nSPS) is 12.3. The fourth-order valence-corrected chi connectivity index (χ4v) is 6.29. The molecular weight excluding hydrogens is 791 g/mol. The van der Waals surface area contributed by atoms with Gasteiger partial charge in [-0.1, -0.05) is 60.3 Å². The third kappa shape index (κ3) is 11.5. The minimum absolute atomic E-state index is 0. The quantitative estimate of drug-likeness (QED) is 0.155. The van der Waals surface area contributed by atoms with Crippen LogP contribution in [0.5, 0.6) is 5.75 Å². The molecule has 0 atom stereocenters. The number of para-hydroxylation sites is 1. The van der Waals surface area contributed by atoms with Crippen molar-refractivity contribution in [2.75, 3.05) is 43.5 Å². The van der Waals surface area contributed by atoms with Crippen LogP contribution in [0.15, 0.2) is 66.7 Å². The van der Waals surface area contributed by atoms with Gasteiger partial charge in [-0.25, -0.2) is 4.98 Å². The first-order chi connectivity index (χ1) is 23.2. The third-order valence-electron chi connectivity index (χ3n) is 8.37. The number of benzene rings is 3. The van der Waals surface area contributed by atoms with E-state index in [1.807, 2.05) is 19.1 Å². The monoisotopic (exact) mass is 831 g/mol. The number of pyridine rings is 1. The smallest absolute Gasteiger partial charge is 0.251 e. The van der Waals surface area contributed by atoms with Crippen molar-refractivity contribution in [2.24, 2.45) is 0 Å². The van der Waals surface area contributed by atoms with E-state index in [1.54, 1.807) is 56.6 Å². The zero-order chi connectivity index (χ0) is 34.2. The van der Waals surface area contributed by atoms with Gasteiger partial charge in [0.15, 0.2) is 0 Å². The number of nitrogens with zero attached hydrogens (tertiary/aromatic N) is 3. The van der Waals surface area contributed by atoms with E-state index in [-0.39, 0.29) is 79.6 Å². The molecule has 0 saturated carbocycles. The van der Waals surface area contributed by atoms with Gasteiger partial charge in [-0.15, -0.1) is 49.6 Å². The Bertz CT molecular complexity index is 1850. The molecule has 0 aliphatic carbocycles. The summed E-state index contributed by atoms with van der Waals surface area (Å²) in [5, 5.41) is 6.88. The van der Waals surface area contributed by atoms with Crippen LogP contribution in [-0.2, 0) is 16.2 Å². The van der Waals surface area contributed by atoms with Gasteiger partial charge in [0.1, 0.15) is 17.9 Å². The molecule has 0 unspecified atom stereocenters. The van der Waals surface area contributed by atoms with Crippen LogP contribution in [0.2, 0.25) is 10.0 Å². The highest BCUT2D eigenvalue weighted by Crippen LogP contribution is 2.37. The van der Waals surface area contributed by atoms with Crippen molar-refractivity contribution in [2.45, 2.75) is 39.2 Å². The van der Waals surface area contributed by atoms with Gasteiger partial charge in [0.05, 0.1) is 17.3 Å². The lowest BCUT2D eigenvalue weighted by molar-refractivity contribution is -0.122. The number of halogens is 6. The molecule has 2 heterocycles. The van der Waals surface area contributed by atoms with Crippen LogP contribution in [0.4, 0.5) is 11.4 Å². The number of aromatic nitrogens is 1. The van der Waals surface area contributed by atoms with Gasteiger partial charge in [-0.05, 0) is 67.8 Å². The van der Waals surface area contributed by atoms with E-state index < -0.39 is 5.91 Å².